The normalized spacial score (nSPS) is 10.3. The number of benzene rings is 3. The molecule has 0 spiro atoms. The van der Waals surface area contributed by atoms with Gasteiger partial charge in [0, 0.05) is 36.0 Å². The van der Waals surface area contributed by atoms with Crippen molar-refractivity contribution in [2.45, 2.75) is 6.42 Å². The van der Waals surface area contributed by atoms with E-state index in [4.69, 9.17) is 4.74 Å². The summed E-state index contributed by atoms with van der Waals surface area (Å²) in [6.45, 7) is -0.0379. The number of rotatable bonds is 8. The van der Waals surface area contributed by atoms with Gasteiger partial charge in [-0.15, -0.1) is 0 Å². The van der Waals surface area contributed by atoms with Crippen LogP contribution in [0.1, 0.15) is 27.1 Å². The first-order valence-corrected chi connectivity index (χ1v) is 9.94. The minimum atomic E-state index is -0.979. The van der Waals surface area contributed by atoms with E-state index in [2.05, 4.69) is 16.0 Å². The van der Waals surface area contributed by atoms with Gasteiger partial charge in [-0.1, -0.05) is 0 Å². The highest BCUT2D eigenvalue weighted by Crippen LogP contribution is 2.17. The summed E-state index contributed by atoms with van der Waals surface area (Å²) >= 11 is 0. The van der Waals surface area contributed by atoms with Crippen LogP contribution in [-0.2, 0) is 4.79 Å². The van der Waals surface area contributed by atoms with Crippen LogP contribution in [0.15, 0.2) is 66.7 Å². The second-order valence-electron chi connectivity index (χ2n) is 6.94. The Morgan fingerprint density at radius 3 is 2.09 bits per heavy atom. The van der Waals surface area contributed by atoms with E-state index in [-0.39, 0.29) is 30.3 Å². The van der Waals surface area contributed by atoms with Gasteiger partial charge >= 0.3 is 0 Å². The maximum Gasteiger partial charge on any atom is 0.255 e. The molecule has 0 bridgehead atoms. The average molecular weight is 453 g/mol. The molecule has 0 aliphatic rings. The lowest BCUT2D eigenvalue weighted by atomic mass is 10.2. The Morgan fingerprint density at radius 2 is 1.45 bits per heavy atom. The maximum absolute atomic E-state index is 13.6. The lowest BCUT2D eigenvalue weighted by molar-refractivity contribution is -0.116. The minimum absolute atomic E-state index is 0.0379. The van der Waals surface area contributed by atoms with Crippen molar-refractivity contribution in [2.24, 2.45) is 0 Å². The van der Waals surface area contributed by atoms with Crippen molar-refractivity contribution < 1.29 is 27.9 Å². The molecule has 0 radical (unpaired) electrons. The van der Waals surface area contributed by atoms with E-state index in [0.29, 0.717) is 28.8 Å². The Morgan fingerprint density at radius 1 is 0.818 bits per heavy atom. The largest absolute Gasteiger partial charge is 0.497 e. The number of anilines is 2. The monoisotopic (exact) mass is 453 g/mol. The van der Waals surface area contributed by atoms with Gasteiger partial charge < -0.3 is 20.7 Å². The molecule has 7 nitrogen and oxygen atoms in total. The number of hydrogen-bond acceptors (Lipinski definition) is 4. The number of hydrogen-bond donors (Lipinski definition) is 3. The molecule has 170 valence electrons. The van der Waals surface area contributed by atoms with Gasteiger partial charge in [-0.05, 0) is 60.7 Å². The summed E-state index contributed by atoms with van der Waals surface area (Å²) in [5.41, 5.74) is 1.18. The lowest BCUT2D eigenvalue weighted by Gasteiger charge is -2.09. The van der Waals surface area contributed by atoms with E-state index in [9.17, 15) is 23.2 Å². The van der Waals surface area contributed by atoms with Crippen LogP contribution in [0.4, 0.5) is 20.2 Å². The van der Waals surface area contributed by atoms with Crippen LogP contribution >= 0.6 is 0 Å². The van der Waals surface area contributed by atoms with Gasteiger partial charge in [0.15, 0.2) is 0 Å². The van der Waals surface area contributed by atoms with Crippen LogP contribution in [0.25, 0.3) is 0 Å². The van der Waals surface area contributed by atoms with Crippen LogP contribution in [0, 0.1) is 11.6 Å². The van der Waals surface area contributed by atoms with Gasteiger partial charge in [-0.2, -0.15) is 0 Å². The van der Waals surface area contributed by atoms with Gasteiger partial charge in [0.1, 0.15) is 17.4 Å². The van der Waals surface area contributed by atoms with Gasteiger partial charge in [-0.3, -0.25) is 14.4 Å². The third-order valence-corrected chi connectivity index (χ3v) is 4.59. The SMILES string of the molecule is COc1ccc(NC(=O)c2ccc(NC(=O)CCNC(=O)c3ccc(F)cc3F)cc2)cc1. The molecule has 0 aliphatic heterocycles. The van der Waals surface area contributed by atoms with Crippen LogP contribution in [0.5, 0.6) is 5.75 Å². The van der Waals surface area contributed by atoms with Crippen molar-refractivity contribution in [2.75, 3.05) is 24.3 Å². The first kappa shape index (κ1) is 23.4. The number of carbonyl (C=O) groups excluding carboxylic acids is 3. The summed E-state index contributed by atoms with van der Waals surface area (Å²) in [4.78, 5) is 36.4. The fourth-order valence-corrected chi connectivity index (χ4v) is 2.86. The van der Waals surface area contributed by atoms with Crippen LogP contribution in [0.2, 0.25) is 0 Å². The zero-order chi connectivity index (χ0) is 23.8. The van der Waals surface area contributed by atoms with E-state index >= 15 is 0 Å². The van der Waals surface area contributed by atoms with Crippen molar-refractivity contribution in [1.29, 1.82) is 0 Å². The Hall–Kier alpha value is -4.27. The fraction of sp³-hybridized carbons (Fsp3) is 0.125. The van der Waals surface area contributed by atoms with Gasteiger partial charge in [-0.25, -0.2) is 8.78 Å². The highest BCUT2D eigenvalue weighted by atomic mass is 19.1. The lowest BCUT2D eigenvalue weighted by Crippen LogP contribution is -2.28. The van der Waals surface area contributed by atoms with E-state index in [1.807, 2.05) is 0 Å². The summed E-state index contributed by atoms with van der Waals surface area (Å²) in [6.07, 6.45) is -0.0612. The number of carbonyl (C=O) groups is 3. The molecule has 0 heterocycles. The Labute approximate surface area is 188 Å². The number of ether oxygens (including phenoxy) is 1. The first-order chi connectivity index (χ1) is 15.9. The highest BCUT2D eigenvalue weighted by molar-refractivity contribution is 6.04. The van der Waals surface area contributed by atoms with Crippen molar-refractivity contribution >= 4 is 29.1 Å². The molecular weight excluding hydrogens is 432 g/mol. The summed E-state index contributed by atoms with van der Waals surface area (Å²) in [5, 5.41) is 7.81. The Balaban J connectivity index is 1.46. The molecule has 0 aliphatic carbocycles. The van der Waals surface area contributed by atoms with Crippen LogP contribution in [-0.4, -0.2) is 31.4 Å². The van der Waals surface area contributed by atoms with E-state index in [0.717, 1.165) is 12.1 Å². The third kappa shape index (κ3) is 6.60. The van der Waals surface area contributed by atoms with Gasteiger partial charge in [0.05, 0.1) is 12.7 Å². The first-order valence-electron chi connectivity index (χ1n) is 9.94. The topological polar surface area (TPSA) is 96.5 Å². The molecule has 0 aromatic heterocycles. The Kier molecular flexibility index (Phi) is 7.69. The zero-order valence-electron chi connectivity index (χ0n) is 17.7. The molecule has 0 saturated heterocycles. The highest BCUT2D eigenvalue weighted by Gasteiger charge is 2.13. The molecule has 0 fully saturated rings. The number of methoxy groups -OCH3 is 1. The summed E-state index contributed by atoms with van der Waals surface area (Å²) in [7, 11) is 1.55. The number of nitrogens with one attached hydrogen (secondary N) is 3. The molecule has 0 atom stereocenters. The molecule has 0 saturated carbocycles. The van der Waals surface area contributed by atoms with E-state index in [1.165, 1.54) is 0 Å². The molecular formula is C24H21F2N3O4. The molecule has 3 N–H and O–H groups in total. The quantitative estimate of drug-likeness (QED) is 0.481. The minimum Gasteiger partial charge on any atom is -0.497 e. The second-order valence-corrected chi connectivity index (χ2v) is 6.94. The molecule has 3 rings (SSSR count). The second kappa shape index (κ2) is 10.9. The summed E-state index contributed by atoms with van der Waals surface area (Å²) in [6, 6.07) is 15.8. The predicted molar refractivity (Wildman–Crippen MR) is 119 cm³/mol. The smallest absolute Gasteiger partial charge is 0.255 e. The van der Waals surface area contributed by atoms with Crippen molar-refractivity contribution in [3.8, 4) is 5.75 Å². The molecule has 3 aromatic carbocycles. The molecule has 33 heavy (non-hydrogen) atoms. The molecule has 3 aromatic rings. The standard InChI is InChI=1S/C24H21F2N3O4/c1-33-19-9-7-18(8-10-19)29-23(31)15-2-5-17(6-3-15)28-22(30)12-13-27-24(32)20-11-4-16(25)14-21(20)26/h2-11,14H,12-13H2,1H3,(H,27,32)(H,28,30)(H,29,31). The van der Waals surface area contributed by atoms with Crippen molar-refractivity contribution in [1.82, 2.24) is 5.32 Å². The molecule has 3 amide bonds. The van der Waals surface area contributed by atoms with E-state index < -0.39 is 17.5 Å². The maximum atomic E-state index is 13.6. The molecule has 9 heteroatoms. The van der Waals surface area contributed by atoms with E-state index in [1.54, 1.807) is 55.6 Å². The predicted octanol–water partition coefficient (Wildman–Crippen LogP) is 3.98. The average Bonchev–Trinajstić information content (AvgIpc) is 2.80. The number of amides is 3. The van der Waals surface area contributed by atoms with Crippen molar-refractivity contribution in [3.05, 3.63) is 89.5 Å². The number of halogens is 2. The van der Waals surface area contributed by atoms with Gasteiger partial charge in [0.25, 0.3) is 11.8 Å². The molecule has 0 unspecified atom stereocenters. The Bertz CT molecular complexity index is 1150. The zero-order valence-corrected chi connectivity index (χ0v) is 17.7. The summed E-state index contributed by atoms with van der Waals surface area (Å²) in [5.74, 6) is -2.53. The van der Waals surface area contributed by atoms with Crippen LogP contribution in [0.3, 0.4) is 0 Å². The third-order valence-electron chi connectivity index (χ3n) is 4.59. The summed E-state index contributed by atoms with van der Waals surface area (Å²) < 4.78 is 31.6. The van der Waals surface area contributed by atoms with Crippen molar-refractivity contribution in [3.63, 3.8) is 0 Å². The fourth-order valence-electron chi connectivity index (χ4n) is 2.86. The van der Waals surface area contributed by atoms with Gasteiger partial charge in [0.2, 0.25) is 5.91 Å². The van der Waals surface area contributed by atoms with Crippen LogP contribution < -0.4 is 20.7 Å².